The Hall–Kier alpha value is -3.44. The Morgan fingerprint density at radius 3 is 2.81 bits per heavy atom. The summed E-state index contributed by atoms with van der Waals surface area (Å²) >= 11 is 0. The van der Waals surface area contributed by atoms with Crippen LogP contribution in [0.15, 0.2) is 93.9 Å². The fourth-order valence-electron chi connectivity index (χ4n) is 3.61. The molecule has 0 amide bonds. The van der Waals surface area contributed by atoms with Gasteiger partial charge in [-0.05, 0) is 35.0 Å². The molecule has 2 aliphatic rings. The summed E-state index contributed by atoms with van der Waals surface area (Å²) in [5.41, 5.74) is 2.28. The van der Waals surface area contributed by atoms with E-state index in [4.69, 9.17) is 9.41 Å². The Morgan fingerprint density at radius 2 is 1.96 bits per heavy atom. The van der Waals surface area contributed by atoms with Crippen molar-refractivity contribution < 1.29 is 8.90 Å². The first-order chi connectivity index (χ1) is 13.2. The van der Waals surface area contributed by atoms with Crippen LogP contribution >= 0.6 is 0 Å². The summed E-state index contributed by atoms with van der Waals surface area (Å²) < 4.78 is 5.87. The van der Waals surface area contributed by atoms with Crippen molar-refractivity contribution in [3.63, 3.8) is 0 Å². The summed E-state index contributed by atoms with van der Waals surface area (Å²) in [7, 11) is 2.13. The lowest BCUT2D eigenvalue weighted by molar-refractivity contribution is -0.680. The number of furan rings is 1. The molecule has 0 fully saturated rings. The highest BCUT2D eigenvalue weighted by atomic mass is 16.3. The second-order valence-electron chi connectivity index (χ2n) is 6.81. The number of fused-ring (bicyclic) bond motifs is 2. The van der Waals surface area contributed by atoms with Crippen LogP contribution in [0.5, 0.6) is 0 Å². The highest BCUT2D eigenvalue weighted by molar-refractivity contribution is 6.39. The molecule has 5 rings (SSSR count). The van der Waals surface area contributed by atoms with E-state index in [1.165, 1.54) is 10.8 Å². The van der Waals surface area contributed by atoms with E-state index in [-0.39, 0.29) is 0 Å². The molecule has 5 nitrogen and oxygen atoms in total. The van der Waals surface area contributed by atoms with E-state index in [1.807, 2.05) is 24.5 Å². The van der Waals surface area contributed by atoms with Gasteiger partial charge in [0.25, 0.3) is 5.84 Å². The van der Waals surface area contributed by atoms with Gasteiger partial charge >= 0.3 is 0 Å². The number of likely N-dealkylation sites (N-methyl/N-ethyl adjacent to an activating group) is 1. The minimum Gasteiger partial charge on any atom is -0.467 e. The van der Waals surface area contributed by atoms with Gasteiger partial charge in [-0.25, -0.2) is 4.48 Å². The zero-order valence-electron chi connectivity index (χ0n) is 15.0. The number of amidine groups is 2. The Morgan fingerprint density at radius 1 is 1.07 bits per heavy atom. The van der Waals surface area contributed by atoms with Gasteiger partial charge in [0.15, 0.2) is 5.70 Å². The maximum absolute atomic E-state index is 5.38. The molecule has 1 aromatic heterocycles. The average Bonchev–Trinajstić information content (AvgIpc) is 3.33. The summed E-state index contributed by atoms with van der Waals surface area (Å²) in [6.45, 7) is 0.480. The van der Waals surface area contributed by atoms with Crippen LogP contribution < -0.4 is 5.32 Å². The molecule has 132 valence electrons. The number of nitrogens with one attached hydrogen (secondary N) is 1. The third kappa shape index (κ3) is 2.60. The van der Waals surface area contributed by atoms with Gasteiger partial charge in [0.1, 0.15) is 12.0 Å². The first-order valence-corrected chi connectivity index (χ1v) is 8.90. The maximum Gasteiger partial charge on any atom is 0.280 e. The van der Waals surface area contributed by atoms with Crippen molar-refractivity contribution in [3.8, 4) is 0 Å². The lowest BCUT2D eigenvalue weighted by Gasteiger charge is -2.31. The van der Waals surface area contributed by atoms with Crippen molar-refractivity contribution in [2.75, 3.05) is 7.05 Å². The molecule has 0 aliphatic carbocycles. The molecule has 2 aromatic carbocycles. The minimum atomic E-state index is 0.480. The van der Waals surface area contributed by atoms with E-state index in [2.05, 4.69) is 66.0 Å². The summed E-state index contributed by atoms with van der Waals surface area (Å²) in [4.78, 5) is 9.37. The second kappa shape index (κ2) is 6.07. The van der Waals surface area contributed by atoms with Gasteiger partial charge in [0.05, 0.1) is 32.3 Å². The average molecular weight is 355 g/mol. The van der Waals surface area contributed by atoms with Gasteiger partial charge < -0.3 is 9.73 Å². The molecule has 0 saturated carbocycles. The van der Waals surface area contributed by atoms with E-state index in [0.717, 1.165) is 28.7 Å². The molecule has 0 radical (unpaired) electrons. The zero-order valence-corrected chi connectivity index (χ0v) is 15.0. The number of quaternary nitrogens is 1. The van der Waals surface area contributed by atoms with Crippen LogP contribution in [-0.4, -0.2) is 23.2 Å². The normalized spacial score (nSPS) is 22.5. The van der Waals surface area contributed by atoms with Crippen molar-refractivity contribution >= 4 is 28.1 Å². The van der Waals surface area contributed by atoms with E-state index in [9.17, 15) is 0 Å². The Kier molecular flexibility index (Phi) is 3.55. The van der Waals surface area contributed by atoms with Gasteiger partial charge in [0, 0.05) is 5.56 Å². The van der Waals surface area contributed by atoms with E-state index in [1.54, 1.807) is 6.26 Å². The summed E-state index contributed by atoms with van der Waals surface area (Å²) in [6.07, 6.45) is 7.63. The van der Waals surface area contributed by atoms with Crippen molar-refractivity contribution in [3.05, 3.63) is 90.8 Å². The Balaban J connectivity index is 1.49. The van der Waals surface area contributed by atoms with Gasteiger partial charge in [-0.15, -0.1) is 0 Å². The molecule has 3 aromatic rings. The first-order valence-electron chi connectivity index (χ1n) is 8.90. The van der Waals surface area contributed by atoms with Crippen LogP contribution in [0.3, 0.4) is 0 Å². The van der Waals surface area contributed by atoms with E-state index in [0.29, 0.717) is 11.0 Å². The van der Waals surface area contributed by atoms with Crippen molar-refractivity contribution in [1.82, 2.24) is 5.32 Å². The third-order valence-electron chi connectivity index (χ3n) is 5.07. The molecule has 27 heavy (non-hydrogen) atoms. The Bertz CT molecular complexity index is 1140. The standard InChI is InChI=1S/C22H19N4O/c1-26-11-10-23-21(24-14-19-7-4-12-27-19)22(26)25-15-20(26)18-9-8-16-5-2-3-6-17(16)13-18/h2-13,15H,14H2,1H3,(H,23,24)/q+1. The molecule has 1 unspecified atom stereocenters. The maximum atomic E-state index is 5.38. The SMILES string of the molecule is C[N+]12C=CNC(=NCc3ccco3)C1=NC=C2c1ccc2ccccc2c1. The molecule has 5 heteroatoms. The molecule has 2 aliphatic heterocycles. The minimum absolute atomic E-state index is 0.480. The van der Waals surface area contributed by atoms with Crippen LogP contribution in [0.2, 0.25) is 0 Å². The molecular formula is C22H19N4O+. The number of benzene rings is 2. The number of hydrogen-bond acceptors (Lipinski definition) is 3. The number of aliphatic imine (C=N–C) groups is 2. The predicted molar refractivity (Wildman–Crippen MR) is 108 cm³/mol. The first kappa shape index (κ1) is 15.8. The van der Waals surface area contributed by atoms with Crippen LogP contribution in [-0.2, 0) is 6.54 Å². The second-order valence-corrected chi connectivity index (χ2v) is 6.81. The summed E-state index contributed by atoms with van der Waals surface area (Å²) in [6, 6.07) is 18.7. The Labute approximate surface area is 157 Å². The van der Waals surface area contributed by atoms with Gasteiger partial charge in [-0.1, -0.05) is 30.3 Å². The van der Waals surface area contributed by atoms with Crippen LogP contribution in [0.4, 0.5) is 0 Å². The zero-order chi connectivity index (χ0) is 18.3. The number of rotatable bonds is 3. The lowest BCUT2D eigenvalue weighted by atomic mass is 10.0. The smallest absolute Gasteiger partial charge is 0.280 e. The number of hydrogen-bond donors (Lipinski definition) is 1. The van der Waals surface area contributed by atoms with Crippen LogP contribution in [0.25, 0.3) is 16.5 Å². The molecule has 0 bridgehead atoms. The lowest BCUT2D eigenvalue weighted by Crippen LogP contribution is -2.51. The van der Waals surface area contributed by atoms with E-state index >= 15 is 0 Å². The molecule has 0 saturated heterocycles. The largest absolute Gasteiger partial charge is 0.467 e. The summed E-state index contributed by atoms with van der Waals surface area (Å²) in [5.74, 6) is 2.48. The molecule has 1 N–H and O–H groups in total. The fraction of sp³-hybridized carbons (Fsp3) is 0.0909. The fourth-order valence-corrected chi connectivity index (χ4v) is 3.61. The molecule has 3 heterocycles. The highest BCUT2D eigenvalue weighted by Crippen LogP contribution is 2.34. The van der Waals surface area contributed by atoms with Crippen LogP contribution in [0, 0.1) is 0 Å². The quantitative estimate of drug-likeness (QED) is 0.714. The van der Waals surface area contributed by atoms with Crippen LogP contribution in [0.1, 0.15) is 11.3 Å². The topological polar surface area (TPSA) is 49.9 Å². The van der Waals surface area contributed by atoms with Crippen molar-refractivity contribution in [2.24, 2.45) is 9.98 Å². The number of nitrogens with zero attached hydrogens (tertiary/aromatic N) is 3. The molecule has 0 spiro atoms. The molecule has 1 atom stereocenters. The van der Waals surface area contributed by atoms with Gasteiger partial charge in [-0.2, -0.15) is 4.99 Å². The van der Waals surface area contributed by atoms with E-state index < -0.39 is 0 Å². The highest BCUT2D eigenvalue weighted by Gasteiger charge is 2.42. The monoisotopic (exact) mass is 355 g/mol. The summed E-state index contributed by atoms with van der Waals surface area (Å²) in [5, 5.41) is 5.69. The predicted octanol–water partition coefficient (Wildman–Crippen LogP) is 4.26. The van der Waals surface area contributed by atoms with Gasteiger partial charge in [0.2, 0.25) is 5.84 Å². The van der Waals surface area contributed by atoms with Crippen molar-refractivity contribution in [2.45, 2.75) is 6.54 Å². The van der Waals surface area contributed by atoms with Crippen molar-refractivity contribution in [1.29, 1.82) is 0 Å². The third-order valence-corrected chi connectivity index (χ3v) is 5.07. The molecular weight excluding hydrogens is 336 g/mol. The van der Waals surface area contributed by atoms with Gasteiger partial charge in [-0.3, -0.25) is 4.99 Å².